The van der Waals surface area contributed by atoms with Crippen LogP contribution < -0.4 is 25.0 Å². The van der Waals surface area contributed by atoms with E-state index in [1.54, 1.807) is 92.0 Å². The first-order valence-corrected chi connectivity index (χ1v) is 14.9. The Kier molecular flexibility index (Phi) is 11.0. The van der Waals surface area contributed by atoms with Crippen molar-refractivity contribution in [2.75, 3.05) is 32.7 Å². The molecule has 0 heterocycles. The number of carbonyl (C=O) groups excluding carboxylic acids is 2. The molecule has 0 spiro atoms. The lowest BCUT2D eigenvalue weighted by molar-refractivity contribution is -0.121. The van der Waals surface area contributed by atoms with E-state index in [0.29, 0.717) is 28.5 Å². The summed E-state index contributed by atoms with van der Waals surface area (Å²) < 4.78 is 43.7. The van der Waals surface area contributed by atoms with Crippen molar-refractivity contribution in [2.24, 2.45) is 5.10 Å². The van der Waals surface area contributed by atoms with Gasteiger partial charge in [-0.2, -0.15) is 9.41 Å². The lowest BCUT2D eigenvalue weighted by Gasteiger charge is -2.21. The number of ether oxygens (including phenoxy) is 3. The molecule has 228 valence electrons. The van der Waals surface area contributed by atoms with Crippen molar-refractivity contribution in [1.29, 1.82) is 0 Å². The van der Waals surface area contributed by atoms with Crippen LogP contribution in [-0.2, 0) is 26.2 Å². The Bertz CT molecular complexity index is 1660. The molecule has 4 aromatic rings. The number of nitrogens with zero attached hydrogens (tertiary/aromatic N) is 2. The topological polar surface area (TPSA) is 136 Å². The van der Waals surface area contributed by atoms with Crippen LogP contribution in [0.4, 0.5) is 5.69 Å². The fourth-order valence-electron chi connectivity index (χ4n) is 3.95. The van der Waals surface area contributed by atoms with E-state index in [2.05, 4.69) is 15.8 Å². The number of carbonyl (C=O) groups is 2. The molecule has 0 saturated heterocycles. The number of hydrogen-bond acceptors (Lipinski definition) is 8. The summed E-state index contributed by atoms with van der Waals surface area (Å²) in [6.07, 6.45) is 1.41. The van der Waals surface area contributed by atoms with Crippen LogP contribution in [0.25, 0.3) is 0 Å². The van der Waals surface area contributed by atoms with E-state index < -0.39 is 22.5 Å². The van der Waals surface area contributed by atoms with Gasteiger partial charge in [0.25, 0.3) is 11.8 Å². The quantitative estimate of drug-likeness (QED) is 0.161. The lowest BCUT2D eigenvalue weighted by atomic mass is 10.2. The van der Waals surface area contributed by atoms with Crippen LogP contribution in [0.2, 0.25) is 0 Å². The van der Waals surface area contributed by atoms with Crippen LogP contribution in [-0.4, -0.2) is 58.1 Å². The maximum Gasteiger partial charge on any atom is 0.262 e. The number of amides is 2. The van der Waals surface area contributed by atoms with Crippen molar-refractivity contribution in [3.8, 4) is 17.2 Å². The molecule has 12 heteroatoms. The van der Waals surface area contributed by atoms with Crippen molar-refractivity contribution in [1.82, 2.24) is 9.73 Å². The monoisotopic (exact) mass is 616 g/mol. The second-order valence-corrected chi connectivity index (χ2v) is 11.3. The van der Waals surface area contributed by atoms with Gasteiger partial charge < -0.3 is 19.5 Å². The van der Waals surface area contributed by atoms with Gasteiger partial charge in [-0.15, -0.1) is 0 Å². The minimum Gasteiger partial charge on any atom is -0.497 e. The standard InChI is InChI=1S/C32H32N4O7S/c1-41-27-14-10-26(11-15-27)34-32(38)23-43-29-12-8-24(9-13-29)20-33-35-31(37)22-36(21-25-6-4-3-5-7-25)44(39,40)30-18-16-28(42-2)17-19-30/h3-20H,21-23H2,1-2H3,(H,34,38)(H,35,37)/b33-20+. The molecule has 0 bridgehead atoms. The zero-order valence-electron chi connectivity index (χ0n) is 24.2. The first-order valence-electron chi connectivity index (χ1n) is 13.4. The minimum atomic E-state index is -4.02. The third-order valence-electron chi connectivity index (χ3n) is 6.25. The molecule has 4 rings (SSSR count). The van der Waals surface area contributed by atoms with Gasteiger partial charge in [-0.25, -0.2) is 13.8 Å². The maximum atomic E-state index is 13.4. The number of rotatable bonds is 14. The van der Waals surface area contributed by atoms with Crippen molar-refractivity contribution < 1.29 is 32.2 Å². The van der Waals surface area contributed by atoms with Crippen molar-refractivity contribution in [3.05, 3.63) is 114 Å². The summed E-state index contributed by atoms with van der Waals surface area (Å²) in [7, 11) is -0.960. The van der Waals surface area contributed by atoms with E-state index in [4.69, 9.17) is 14.2 Å². The number of anilines is 1. The van der Waals surface area contributed by atoms with Gasteiger partial charge in [0.15, 0.2) is 6.61 Å². The lowest BCUT2D eigenvalue weighted by Crippen LogP contribution is -2.39. The van der Waals surface area contributed by atoms with Gasteiger partial charge in [0.1, 0.15) is 17.2 Å². The molecule has 0 fully saturated rings. The summed E-state index contributed by atoms with van der Waals surface area (Å²) in [5.74, 6) is 0.734. The van der Waals surface area contributed by atoms with Crippen molar-refractivity contribution in [3.63, 3.8) is 0 Å². The van der Waals surface area contributed by atoms with Gasteiger partial charge >= 0.3 is 0 Å². The molecule has 0 unspecified atom stereocenters. The molecule has 0 saturated carbocycles. The zero-order chi connectivity index (χ0) is 31.4. The van der Waals surface area contributed by atoms with Crippen LogP contribution in [0.1, 0.15) is 11.1 Å². The van der Waals surface area contributed by atoms with Crippen LogP contribution in [0.15, 0.2) is 113 Å². The maximum absolute atomic E-state index is 13.4. The Morgan fingerprint density at radius 2 is 1.36 bits per heavy atom. The summed E-state index contributed by atoms with van der Waals surface area (Å²) in [6, 6.07) is 28.6. The smallest absolute Gasteiger partial charge is 0.262 e. The average molecular weight is 617 g/mol. The number of sulfonamides is 1. The van der Waals surface area contributed by atoms with Crippen molar-refractivity contribution in [2.45, 2.75) is 11.4 Å². The molecular formula is C32H32N4O7S. The highest BCUT2D eigenvalue weighted by Gasteiger charge is 2.27. The van der Waals surface area contributed by atoms with Gasteiger partial charge in [0.05, 0.1) is 31.9 Å². The largest absolute Gasteiger partial charge is 0.497 e. The fourth-order valence-corrected chi connectivity index (χ4v) is 5.34. The molecule has 0 aliphatic heterocycles. The van der Waals surface area contributed by atoms with E-state index in [9.17, 15) is 18.0 Å². The van der Waals surface area contributed by atoms with Crippen LogP contribution in [0.5, 0.6) is 17.2 Å². The highest BCUT2D eigenvalue weighted by molar-refractivity contribution is 7.89. The number of hydrogen-bond donors (Lipinski definition) is 2. The first kappa shape index (κ1) is 31.7. The predicted molar refractivity (Wildman–Crippen MR) is 166 cm³/mol. The Labute approximate surface area is 256 Å². The minimum absolute atomic E-state index is 0.00802. The molecular weight excluding hydrogens is 584 g/mol. The number of nitrogens with one attached hydrogen (secondary N) is 2. The number of hydrazone groups is 1. The summed E-state index contributed by atoms with van der Waals surface area (Å²) in [5.41, 5.74) is 4.38. The van der Waals surface area contributed by atoms with Gasteiger partial charge in [-0.05, 0) is 83.9 Å². The van der Waals surface area contributed by atoms with E-state index >= 15 is 0 Å². The molecule has 0 atom stereocenters. The Morgan fingerprint density at radius 3 is 1.98 bits per heavy atom. The molecule has 0 aliphatic carbocycles. The fraction of sp³-hybridized carbons (Fsp3) is 0.156. The highest BCUT2D eigenvalue weighted by Crippen LogP contribution is 2.21. The molecule has 2 amide bonds. The second kappa shape index (κ2) is 15.3. The Morgan fingerprint density at radius 1 is 0.773 bits per heavy atom. The van der Waals surface area contributed by atoms with Crippen LogP contribution in [0.3, 0.4) is 0 Å². The van der Waals surface area contributed by atoms with E-state index in [1.807, 2.05) is 6.07 Å². The van der Waals surface area contributed by atoms with Crippen molar-refractivity contribution >= 4 is 33.7 Å². The van der Waals surface area contributed by atoms with Gasteiger partial charge in [-0.1, -0.05) is 30.3 Å². The van der Waals surface area contributed by atoms with E-state index in [0.717, 1.165) is 9.87 Å². The number of methoxy groups -OCH3 is 2. The molecule has 44 heavy (non-hydrogen) atoms. The first-order chi connectivity index (χ1) is 21.3. The third-order valence-corrected chi connectivity index (χ3v) is 8.05. The second-order valence-electron chi connectivity index (χ2n) is 9.36. The highest BCUT2D eigenvalue weighted by atomic mass is 32.2. The summed E-state index contributed by atoms with van der Waals surface area (Å²) in [5, 5.41) is 6.70. The Hall–Kier alpha value is -5.20. The predicted octanol–water partition coefficient (Wildman–Crippen LogP) is 4.06. The van der Waals surface area contributed by atoms with Crippen LogP contribution >= 0.6 is 0 Å². The Balaban J connectivity index is 1.31. The summed E-state index contributed by atoms with van der Waals surface area (Å²) in [6.45, 7) is -0.647. The number of benzene rings is 4. The summed E-state index contributed by atoms with van der Waals surface area (Å²) in [4.78, 5) is 25.0. The van der Waals surface area contributed by atoms with Crippen LogP contribution in [0, 0.1) is 0 Å². The molecule has 2 N–H and O–H groups in total. The molecule has 11 nitrogen and oxygen atoms in total. The molecule has 0 radical (unpaired) electrons. The summed E-state index contributed by atoms with van der Waals surface area (Å²) >= 11 is 0. The third kappa shape index (κ3) is 9.15. The van der Waals surface area contributed by atoms with Gasteiger partial charge in [0.2, 0.25) is 10.0 Å². The molecule has 4 aromatic carbocycles. The zero-order valence-corrected chi connectivity index (χ0v) is 25.0. The molecule has 0 aromatic heterocycles. The van der Waals surface area contributed by atoms with Gasteiger partial charge in [0, 0.05) is 12.2 Å². The van der Waals surface area contributed by atoms with E-state index in [1.165, 1.54) is 25.5 Å². The average Bonchev–Trinajstić information content (AvgIpc) is 3.05. The SMILES string of the molecule is COc1ccc(NC(=O)COc2ccc(/C=N/NC(=O)CN(Cc3ccccc3)S(=O)(=O)c3ccc(OC)cc3)cc2)cc1. The van der Waals surface area contributed by atoms with E-state index in [-0.39, 0.29) is 24.0 Å². The normalized spacial score (nSPS) is 11.2. The molecule has 0 aliphatic rings. The van der Waals surface area contributed by atoms with Gasteiger partial charge in [-0.3, -0.25) is 9.59 Å².